The molecule has 1 unspecified atom stereocenters. The number of hydrogen-bond acceptors (Lipinski definition) is 2. The van der Waals surface area contributed by atoms with E-state index < -0.39 is 0 Å². The monoisotopic (exact) mass is 208 g/mol. The van der Waals surface area contributed by atoms with Gasteiger partial charge in [0.25, 0.3) is 0 Å². The van der Waals surface area contributed by atoms with Gasteiger partial charge in [-0.15, -0.1) is 11.3 Å². The van der Waals surface area contributed by atoms with E-state index in [9.17, 15) is 0 Å². The van der Waals surface area contributed by atoms with Crippen LogP contribution in [0.15, 0.2) is 22.5 Å². The van der Waals surface area contributed by atoms with Crippen LogP contribution in [0.25, 0.3) is 0 Å². The zero-order valence-corrected chi connectivity index (χ0v) is 9.26. The van der Waals surface area contributed by atoms with Crippen molar-refractivity contribution in [3.63, 3.8) is 0 Å². The summed E-state index contributed by atoms with van der Waals surface area (Å²) in [5.74, 6) is 1.45. The maximum atomic E-state index is 5.92. The lowest BCUT2D eigenvalue weighted by Gasteiger charge is -2.08. The van der Waals surface area contributed by atoms with Gasteiger partial charge in [-0.05, 0) is 30.7 Å². The Morgan fingerprint density at radius 3 is 3.00 bits per heavy atom. The molecule has 0 radical (unpaired) electrons. The Balaban J connectivity index is 2.09. The molecule has 1 aliphatic carbocycles. The molecule has 0 bridgehead atoms. The first-order valence-corrected chi connectivity index (χ1v) is 6.05. The molecule has 1 heterocycles. The Morgan fingerprint density at radius 1 is 1.71 bits per heavy atom. The normalized spacial score (nSPS) is 19.6. The van der Waals surface area contributed by atoms with E-state index in [-0.39, 0.29) is 6.04 Å². The number of nitrogens with two attached hydrogens (primary N) is 1. The predicted molar refractivity (Wildman–Crippen MR) is 61.7 cm³/mol. The minimum Gasteiger partial charge on any atom is -0.387 e. The van der Waals surface area contributed by atoms with Crippen LogP contribution in [0.4, 0.5) is 0 Å². The second-order valence-electron chi connectivity index (χ2n) is 3.77. The first kappa shape index (κ1) is 9.71. The molecular weight excluding hydrogens is 192 g/mol. The molecule has 1 fully saturated rings. The molecule has 2 nitrogen and oxygen atoms in total. The first-order chi connectivity index (χ1) is 6.81. The number of hydrogen-bond donors (Lipinski definition) is 1. The number of nitrogens with zero attached hydrogens (tertiary/aromatic N) is 1. The molecule has 76 valence electrons. The lowest BCUT2D eigenvalue weighted by atomic mass is 10.2. The van der Waals surface area contributed by atoms with Crippen LogP contribution in [0.1, 0.15) is 37.1 Å². The standard InChI is InChI=1S/C11H16N2S/c1-2-9(10-4-3-7-14-10)13-11(12)8-5-6-8/h3-4,7-9H,2,5-6H2,1H3,(H2,12,13). The minimum atomic E-state index is 0.288. The molecule has 3 heteroatoms. The fourth-order valence-electron chi connectivity index (χ4n) is 1.50. The summed E-state index contributed by atoms with van der Waals surface area (Å²) in [6, 6.07) is 4.50. The Morgan fingerprint density at radius 2 is 2.50 bits per heavy atom. The summed E-state index contributed by atoms with van der Waals surface area (Å²) in [6.07, 6.45) is 3.50. The van der Waals surface area contributed by atoms with Gasteiger partial charge in [-0.2, -0.15) is 0 Å². The second-order valence-corrected chi connectivity index (χ2v) is 4.75. The molecule has 1 atom stereocenters. The zero-order valence-electron chi connectivity index (χ0n) is 8.44. The van der Waals surface area contributed by atoms with Crippen LogP contribution in [0.2, 0.25) is 0 Å². The Labute approximate surface area is 88.9 Å². The Kier molecular flexibility index (Phi) is 2.87. The largest absolute Gasteiger partial charge is 0.387 e. The highest BCUT2D eigenvalue weighted by Gasteiger charge is 2.26. The SMILES string of the molecule is CCC(N=C(N)C1CC1)c1cccs1. The maximum absolute atomic E-state index is 5.92. The van der Waals surface area contributed by atoms with Crippen molar-refractivity contribution in [2.24, 2.45) is 16.6 Å². The molecule has 0 aliphatic heterocycles. The van der Waals surface area contributed by atoms with Crippen molar-refractivity contribution in [2.75, 3.05) is 0 Å². The molecule has 1 saturated carbocycles. The van der Waals surface area contributed by atoms with Gasteiger partial charge in [0.05, 0.1) is 11.9 Å². The van der Waals surface area contributed by atoms with E-state index in [1.165, 1.54) is 17.7 Å². The molecule has 14 heavy (non-hydrogen) atoms. The summed E-state index contributed by atoms with van der Waals surface area (Å²) in [4.78, 5) is 5.93. The van der Waals surface area contributed by atoms with E-state index in [2.05, 4.69) is 29.4 Å². The summed E-state index contributed by atoms with van der Waals surface area (Å²) in [7, 11) is 0. The van der Waals surface area contributed by atoms with Crippen LogP contribution < -0.4 is 5.73 Å². The van der Waals surface area contributed by atoms with Crippen LogP contribution in [-0.2, 0) is 0 Å². The fourth-order valence-corrected chi connectivity index (χ4v) is 2.35. The van der Waals surface area contributed by atoms with Gasteiger partial charge in [0.15, 0.2) is 0 Å². The topological polar surface area (TPSA) is 38.4 Å². The van der Waals surface area contributed by atoms with Crippen molar-refractivity contribution in [3.05, 3.63) is 22.4 Å². The highest BCUT2D eigenvalue weighted by atomic mass is 32.1. The molecule has 0 amide bonds. The summed E-state index contributed by atoms with van der Waals surface area (Å²) < 4.78 is 0. The molecule has 0 spiro atoms. The summed E-state index contributed by atoms with van der Waals surface area (Å²) >= 11 is 1.77. The van der Waals surface area contributed by atoms with Crippen molar-refractivity contribution >= 4 is 17.2 Å². The van der Waals surface area contributed by atoms with Crippen LogP contribution >= 0.6 is 11.3 Å². The van der Waals surface area contributed by atoms with E-state index in [0.29, 0.717) is 5.92 Å². The van der Waals surface area contributed by atoms with E-state index in [0.717, 1.165) is 12.3 Å². The van der Waals surface area contributed by atoms with Gasteiger partial charge in [0, 0.05) is 10.8 Å². The highest BCUT2D eigenvalue weighted by Crippen LogP contribution is 2.32. The van der Waals surface area contributed by atoms with Crippen LogP contribution in [0.5, 0.6) is 0 Å². The molecule has 1 aromatic rings. The van der Waals surface area contributed by atoms with Crippen molar-refractivity contribution in [1.82, 2.24) is 0 Å². The molecule has 1 aliphatic rings. The molecule has 0 saturated heterocycles. The van der Waals surface area contributed by atoms with Gasteiger partial charge < -0.3 is 5.73 Å². The summed E-state index contributed by atoms with van der Waals surface area (Å²) in [5, 5.41) is 2.10. The molecule has 2 rings (SSSR count). The second kappa shape index (κ2) is 4.13. The van der Waals surface area contributed by atoms with Crippen LogP contribution in [-0.4, -0.2) is 5.84 Å². The van der Waals surface area contributed by atoms with E-state index in [1.807, 2.05) is 0 Å². The molecular formula is C11H16N2S. The Bertz CT molecular complexity index is 312. The highest BCUT2D eigenvalue weighted by molar-refractivity contribution is 7.10. The minimum absolute atomic E-state index is 0.288. The quantitative estimate of drug-likeness (QED) is 0.599. The lowest BCUT2D eigenvalue weighted by Crippen LogP contribution is -2.15. The average molecular weight is 208 g/mol. The van der Waals surface area contributed by atoms with Gasteiger partial charge >= 0.3 is 0 Å². The Hall–Kier alpha value is -0.830. The molecule has 0 aromatic carbocycles. The summed E-state index contributed by atoms with van der Waals surface area (Å²) in [5.41, 5.74) is 5.92. The van der Waals surface area contributed by atoms with Crippen molar-refractivity contribution in [2.45, 2.75) is 32.2 Å². The van der Waals surface area contributed by atoms with Crippen molar-refractivity contribution < 1.29 is 0 Å². The smallest absolute Gasteiger partial charge is 0.0976 e. The third kappa shape index (κ3) is 2.15. The average Bonchev–Trinajstić information content (AvgIpc) is 2.91. The number of rotatable bonds is 4. The predicted octanol–water partition coefficient (Wildman–Crippen LogP) is 2.97. The van der Waals surface area contributed by atoms with Gasteiger partial charge in [0.1, 0.15) is 0 Å². The van der Waals surface area contributed by atoms with E-state index >= 15 is 0 Å². The third-order valence-electron chi connectivity index (χ3n) is 2.56. The van der Waals surface area contributed by atoms with Gasteiger partial charge in [-0.1, -0.05) is 13.0 Å². The zero-order chi connectivity index (χ0) is 9.97. The molecule has 1 aromatic heterocycles. The maximum Gasteiger partial charge on any atom is 0.0976 e. The number of aliphatic imine (C=N–C) groups is 1. The molecule has 2 N–H and O–H groups in total. The van der Waals surface area contributed by atoms with Crippen molar-refractivity contribution in [1.29, 1.82) is 0 Å². The van der Waals surface area contributed by atoms with Crippen molar-refractivity contribution in [3.8, 4) is 0 Å². The van der Waals surface area contributed by atoms with Crippen LogP contribution in [0, 0.1) is 5.92 Å². The summed E-state index contributed by atoms with van der Waals surface area (Å²) in [6.45, 7) is 2.16. The third-order valence-corrected chi connectivity index (χ3v) is 3.53. The van der Waals surface area contributed by atoms with Crippen LogP contribution in [0.3, 0.4) is 0 Å². The van der Waals surface area contributed by atoms with Gasteiger partial charge in [0.2, 0.25) is 0 Å². The first-order valence-electron chi connectivity index (χ1n) is 5.17. The number of thiophene rings is 1. The number of amidine groups is 1. The van der Waals surface area contributed by atoms with Gasteiger partial charge in [-0.3, -0.25) is 4.99 Å². The lowest BCUT2D eigenvalue weighted by molar-refractivity contribution is 0.708. The van der Waals surface area contributed by atoms with E-state index in [4.69, 9.17) is 5.73 Å². The van der Waals surface area contributed by atoms with E-state index in [1.54, 1.807) is 11.3 Å². The van der Waals surface area contributed by atoms with Gasteiger partial charge in [-0.25, -0.2) is 0 Å². The fraction of sp³-hybridized carbons (Fsp3) is 0.545.